The fourth-order valence-corrected chi connectivity index (χ4v) is 9.63. The third-order valence-electron chi connectivity index (χ3n) is 8.03. The largest absolute Gasteiger partial charge is 0.378 e. The summed E-state index contributed by atoms with van der Waals surface area (Å²) in [6.45, 7) is 3.45. The molecule has 222 valence electrons. The fraction of sp³-hybridized carbons (Fsp3) is 0.464. The average molecular weight is 629 g/mol. The highest BCUT2D eigenvalue weighted by Gasteiger charge is 2.40. The van der Waals surface area contributed by atoms with Crippen molar-refractivity contribution in [3.8, 4) is 12.3 Å². The van der Waals surface area contributed by atoms with Gasteiger partial charge in [-0.25, -0.2) is 23.4 Å². The first-order valence-electron chi connectivity index (χ1n) is 13.7. The maximum Gasteiger partial charge on any atom is 0.283 e. The van der Waals surface area contributed by atoms with Gasteiger partial charge in [0, 0.05) is 74.9 Å². The molecule has 5 heterocycles. The van der Waals surface area contributed by atoms with Crippen molar-refractivity contribution in [1.29, 1.82) is 0 Å². The van der Waals surface area contributed by atoms with E-state index in [2.05, 4.69) is 15.9 Å². The zero-order chi connectivity index (χ0) is 29.6. The molecule has 0 bridgehead atoms. The summed E-state index contributed by atoms with van der Waals surface area (Å²) in [5.41, 5.74) is 1.56. The molecule has 2 amide bonds. The van der Waals surface area contributed by atoms with Gasteiger partial charge in [0.25, 0.3) is 15.9 Å². The number of aromatic nitrogens is 1. The molecule has 0 aliphatic carbocycles. The van der Waals surface area contributed by atoms with Crippen molar-refractivity contribution in [3.63, 3.8) is 0 Å². The number of hydrogen-bond acceptors (Lipinski definition) is 10. The summed E-state index contributed by atoms with van der Waals surface area (Å²) in [5, 5.41) is 5.29. The Morgan fingerprint density at radius 3 is 2.60 bits per heavy atom. The summed E-state index contributed by atoms with van der Waals surface area (Å²) in [6.07, 6.45) is 5.55. The van der Waals surface area contributed by atoms with Crippen molar-refractivity contribution in [1.82, 2.24) is 29.1 Å². The van der Waals surface area contributed by atoms with E-state index < -0.39 is 16.1 Å². The molecule has 0 radical (unpaired) electrons. The molecule has 11 nitrogen and oxygen atoms in total. The van der Waals surface area contributed by atoms with Crippen molar-refractivity contribution in [2.24, 2.45) is 0 Å². The Bertz CT molecular complexity index is 1640. The Morgan fingerprint density at radius 1 is 1.07 bits per heavy atom. The molecule has 2 saturated heterocycles. The standard InChI is InChI=1S/C28H32N6O5S3/c1-4-19-5-6-20-14-26(40-23(20)13-19)42(37,38)33-7-8-34(21(16-33)15-25(35)32-9-11-39-12-10-32)28(36)27-29-22-17-30(2)31(3)18-24(22)41-27/h1,5-6,13-14,21H,7-12,15-18H2,2-3H3. The van der Waals surface area contributed by atoms with Crippen LogP contribution in [0.5, 0.6) is 0 Å². The molecule has 1 aromatic carbocycles. The van der Waals surface area contributed by atoms with E-state index in [0.29, 0.717) is 50.0 Å². The lowest BCUT2D eigenvalue weighted by atomic mass is 10.1. The summed E-state index contributed by atoms with van der Waals surface area (Å²) in [4.78, 5) is 36.3. The zero-order valence-corrected chi connectivity index (χ0v) is 25.9. The smallest absolute Gasteiger partial charge is 0.283 e. The number of piperazine rings is 1. The second-order valence-corrected chi connectivity index (χ2v) is 15.0. The van der Waals surface area contributed by atoms with Gasteiger partial charge in [0.2, 0.25) is 5.91 Å². The lowest BCUT2D eigenvalue weighted by molar-refractivity contribution is -0.136. The van der Waals surface area contributed by atoms with Gasteiger partial charge in [-0.3, -0.25) is 9.59 Å². The van der Waals surface area contributed by atoms with Crippen molar-refractivity contribution in [2.45, 2.75) is 29.8 Å². The Kier molecular flexibility index (Phi) is 8.09. The molecule has 3 aliphatic heterocycles. The highest BCUT2D eigenvalue weighted by Crippen LogP contribution is 2.34. The number of benzene rings is 1. The van der Waals surface area contributed by atoms with Crippen LogP contribution >= 0.6 is 22.7 Å². The third-order valence-corrected chi connectivity index (χ3v) is 12.5. The maximum absolute atomic E-state index is 13.9. The molecule has 14 heteroatoms. The number of thiophene rings is 1. The number of fused-ring (bicyclic) bond motifs is 2. The summed E-state index contributed by atoms with van der Waals surface area (Å²) in [7, 11) is 0.0893. The second kappa shape index (κ2) is 11.6. The minimum absolute atomic E-state index is 0.0184. The van der Waals surface area contributed by atoms with Gasteiger partial charge in [-0.2, -0.15) is 4.31 Å². The van der Waals surface area contributed by atoms with Gasteiger partial charge in [-0.05, 0) is 23.6 Å². The number of ether oxygens (including phenoxy) is 1. The van der Waals surface area contributed by atoms with Crippen LogP contribution in [0.4, 0.5) is 0 Å². The lowest BCUT2D eigenvalue weighted by Crippen LogP contribution is -2.58. The van der Waals surface area contributed by atoms with E-state index in [1.165, 1.54) is 27.0 Å². The Labute approximate surface area is 253 Å². The van der Waals surface area contributed by atoms with Crippen molar-refractivity contribution in [3.05, 3.63) is 45.4 Å². The summed E-state index contributed by atoms with van der Waals surface area (Å²) < 4.78 is 35.5. The fourth-order valence-electron chi connectivity index (χ4n) is 5.49. The van der Waals surface area contributed by atoms with E-state index in [1.54, 1.807) is 21.9 Å². The molecule has 42 heavy (non-hydrogen) atoms. The van der Waals surface area contributed by atoms with Crippen LogP contribution in [0, 0.1) is 12.3 Å². The zero-order valence-electron chi connectivity index (χ0n) is 23.5. The number of rotatable bonds is 5. The molecule has 1 unspecified atom stereocenters. The van der Waals surface area contributed by atoms with Gasteiger partial charge in [-0.1, -0.05) is 12.0 Å². The highest BCUT2D eigenvalue weighted by molar-refractivity contribution is 7.91. The van der Waals surface area contributed by atoms with Crippen LogP contribution in [0.25, 0.3) is 10.1 Å². The van der Waals surface area contributed by atoms with Crippen molar-refractivity contribution < 1.29 is 22.7 Å². The number of thiazole rings is 1. The normalized spacial score (nSPS) is 20.9. The summed E-state index contributed by atoms with van der Waals surface area (Å²) in [6, 6.07) is 6.45. The van der Waals surface area contributed by atoms with E-state index in [9.17, 15) is 18.0 Å². The SMILES string of the molecule is C#Cc1ccc2cc(S(=O)(=O)N3CCN(C(=O)c4nc5c(s4)CN(C)N(C)C5)C(CC(=O)N4CCOCC4)C3)sc2c1. The molecule has 1 atom stereocenters. The molecule has 0 N–H and O–H groups in total. The van der Waals surface area contributed by atoms with Gasteiger partial charge in [0.15, 0.2) is 5.01 Å². The topological polar surface area (TPSA) is 107 Å². The summed E-state index contributed by atoms with van der Waals surface area (Å²) >= 11 is 2.55. The number of terminal acetylenes is 1. The van der Waals surface area contributed by atoms with Crippen LogP contribution in [0.2, 0.25) is 0 Å². The molecule has 0 saturated carbocycles. The van der Waals surface area contributed by atoms with Crippen LogP contribution in [0.15, 0.2) is 28.5 Å². The Balaban J connectivity index is 1.27. The first kappa shape index (κ1) is 29.2. The van der Waals surface area contributed by atoms with Gasteiger partial charge in [-0.15, -0.1) is 29.1 Å². The van der Waals surface area contributed by atoms with Gasteiger partial charge in [0.1, 0.15) is 4.21 Å². The van der Waals surface area contributed by atoms with Gasteiger partial charge >= 0.3 is 0 Å². The predicted octanol–water partition coefficient (Wildman–Crippen LogP) is 1.90. The molecule has 2 aromatic heterocycles. The summed E-state index contributed by atoms with van der Waals surface area (Å²) in [5.74, 6) is 2.20. The van der Waals surface area contributed by atoms with Crippen molar-refractivity contribution >= 4 is 54.6 Å². The predicted molar refractivity (Wildman–Crippen MR) is 160 cm³/mol. The highest BCUT2D eigenvalue weighted by atomic mass is 32.2. The van der Waals surface area contributed by atoms with E-state index >= 15 is 0 Å². The maximum atomic E-state index is 13.9. The third kappa shape index (κ3) is 5.58. The van der Waals surface area contributed by atoms with Crippen LogP contribution < -0.4 is 0 Å². The Hall–Kier alpha value is -2.90. The average Bonchev–Trinajstić information content (AvgIpc) is 3.61. The Morgan fingerprint density at radius 2 is 1.83 bits per heavy atom. The lowest BCUT2D eigenvalue weighted by Gasteiger charge is -2.41. The van der Waals surface area contributed by atoms with Crippen LogP contribution in [-0.2, 0) is 32.6 Å². The van der Waals surface area contributed by atoms with Gasteiger partial charge < -0.3 is 14.5 Å². The molecule has 3 aromatic rings. The number of sulfonamides is 1. The molecular formula is C28H32N6O5S3. The molecule has 2 fully saturated rings. The van der Waals surface area contributed by atoms with Crippen molar-refractivity contribution in [2.75, 3.05) is 60.0 Å². The van der Waals surface area contributed by atoms with E-state index in [0.717, 1.165) is 20.7 Å². The van der Waals surface area contributed by atoms with E-state index in [-0.39, 0.29) is 42.1 Å². The van der Waals surface area contributed by atoms with E-state index in [1.807, 2.05) is 31.2 Å². The minimum Gasteiger partial charge on any atom is -0.378 e. The number of carbonyl (C=O) groups is 2. The number of nitrogens with zero attached hydrogens (tertiary/aromatic N) is 6. The molecule has 3 aliphatic rings. The number of morpholine rings is 1. The minimum atomic E-state index is -3.87. The molecular weight excluding hydrogens is 597 g/mol. The van der Waals surface area contributed by atoms with E-state index in [4.69, 9.17) is 11.2 Å². The number of hydrazine groups is 1. The molecule has 6 rings (SSSR count). The number of hydrogen-bond donors (Lipinski definition) is 0. The number of amides is 2. The first-order valence-corrected chi connectivity index (χ1v) is 16.8. The monoisotopic (exact) mass is 628 g/mol. The molecule has 0 spiro atoms. The van der Waals surface area contributed by atoms with Gasteiger partial charge in [0.05, 0.1) is 31.5 Å². The number of carbonyl (C=O) groups excluding carboxylic acids is 2. The van der Waals surface area contributed by atoms with Crippen LogP contribution in [0.3, 0.4) is 0 Å². The van der Waals surface area contributed by atoms with Crippen LogP contribution in [-0.4, -0.2) is 115 Å². The van der Waals surface area contributed by atoms with Crippen LogP contribution in [0.1, 0.15) is 32.4 Å². The first-order chi connectivity index (χ1) is 20.1. The second-order valence-electron chi connectivity index (χ2n) is 10.7. The quantitative estimate of drug-likeness (QED) is 0.395.